The monoisotopic (exact) mass is 322 g/mol. The highest BCUT2D eigenvalue weighted by Crippen LogP contribution is 2.16. The van der Waals surface area contributed by atoms with E-state index < -0.39 is 30.5 Å². The summed E-state index contributed by atoms with van der Waals surface area (Å²) in [4.78, 5) is 3.55. The minimum absolute atomic E-state index is 0.111. The number of hydrogen-bond acceptors (Lipinski definition) is 6. The minimum atomic E-state index is -3.52. The van der Waals surface area contributed by atoms with Gasteiger partial charge in [0.2, 0.25) is 20.0 Å². The van der Waals surface area contributed by atoms with Crippen LogP contribution in [0.3, 0.4) is 0 Å². The molecule has 10 heteroatoms. The lowest BCUT2D eigenvalue weighted by molar-refractivity contribution is 0.178. The van der Waals surface area contributed by atoms with E-state index in [9.17, 15) is 16.8 Å². The summed E-state index contributed by atoms with van der Waals surface area (Å²) < 4.78 is 48.4. The van der Waals surface area contributed by atoms with E-state index in [1.165, 1.54) is 0 Å². The summed E-state index contributed by atoms with van der Waals surface area (Å²) in [6, 6.07) is 0. The summed E-state index contributed by atoms with van der Waals surface area (Å²) in [6.45, 7) is 1.94. The van der Waals surface area contributed by atoms with Crippen LogP contribution < -0.4 is 9.86 Å². The molecule has 2 aliphatic rings. The molecule has 0 radical (unpaired) electrons. The largest absolute Gasteiger partial charge is 0.290 e. The third-order valence-electron chi connectivity index (χ3n) is 3.56. The van der Waals surface area contributed by atoms with Gasteiger partial charge in [-0.1, -0.05) is 5.92 Å². The van der Waals surface area contributed by atoms with E-state index in [1.54, 1.807) is 4.90 Å². The standard InChI is InChI=1S/C10H18N4O4S2/c1-2-3-13-6-10(7-13)20(17,18)12-8-14-4-9(5-14)19(11,15)16/h1,9-10,12H,3-8H2,(H2,11,15,16). The number of primary sulfonamides is 1. The minimum Gasteiger partial charge on any atom is -0.290 e. The molecule has 8 nitrogen and oxygen atoms in total. The molecule has 0 saturated carbocycles. The van der Waals surface area contributed by atoms with Crippen LogP contribution in [0.25, 0.3) is 0 Å². The molecule has 0 amide bonds. The number of sulfonamides is 2. The lowest BCUT2D eigenvalue weighted by atomic mass is 10.2. The first kappa shape index (κ1) is 15.7. The zero-order valence-corrected chi connectivity index (χ0v) is 12.5. The summed E-state index contributed by atoms with van der Waals surface area (Å²) in [7, 11) is -6.90. The number of hydrogen-bond donors (Lipinski definition) is 2. The Bertz CT molecular complexity index is 598. The molecule has 2 aliphatic heterocycles. The second-order valence-electron chi connectivity index (χ2n) is 5.11. The van der Waals surface area contributed by atoms with Gasteiger partial charge in [-0.3, -0.25) is 9.80 Å². The smallest absolute Gasteiger partial charge is 0.218 e. The van der Waals surface area contributed by atoms with Gasteiger partial charge >= 0.3 is 0 Å². The number of likely N-dealkylation sites (tertiary alicyclic amines) is 2. The molecule has 20 heavy (non-hydrogen) atoms. The maximum Gasteiger partial charge on any atom is 0.218 e. The van der Waals surface area contributed by atoms with Crippen molar-refractivity contribution in [1.82, 2.24) is 14.5 Å². The maximum atomic E-state index is 11.9. The lowest BCUT2D eigenvalue weighted by Crippen LogP contribution is -2.62. The number of nitrogens with zero attached hydrogens (tertiary/aromatic N) is 2. The van der Waals surface area contributed by atoms with Gasteiger partial charge in [-0.15, -0.1) is 6.42 Å². The lowest BCUT2D eigenvalue weighted by Gasteiger charge is -2.40. The number of nitrogens with one attached hydrogen (secondary N) is 1. The third-order valence-corrected chi connectivity index (χ3v) is 6.49. The molecule has 0 aliphatic carbocycles. The molecule has 0 aromatic carbocycles. The fourth-order valence-electron chi connectivity index (χ4n) is 2.14. The fourth-order valence-corrected chi connectivity index (χ4v) is 4.38. The van der Waals surface area contributed by atoms with Gasteiger partial charge in [-0.2, -0.15) is 0 Å². The molecule has 2 saturated heterocycles. The van der Waals surface area contributed by atoms with Crippen molar-refractivity contribution in [3.63, 3.8) is 0 Å². The Morgan fingerprint density at radius 3 is 2.15 bits per heavy atom. The normalized spacial score (nSPS) is 23.0. The van der Waals surface area contributed by atoms with Gasteiger partial charge in [-0.05, 0) is 0 Å². The van der Waals surface area contributed by atoms with E-state index in [2.05, 4.69) is 10.6 Å². The van der Waals surface area contributed by atoms with E-state index >= 15 is 0 Å². The van der Waals surface area contributed by atoms with Crippen LogP contribution in [0.2, 0.25) is 0 Å². The highest BCUT2D eigenvalue weighted by Gasteiger charge is 2.39. The Morgan fingerprint density at radius 1 is 1.10 bits per heavy atom. The molecule has 0 aromatic rings. The van der Waals surface area contributed by atoms with Crippen molar-refractivity contribution in [2.45, 2.75) is 10.5 Å². The Labute approximate surface area is 119 Å². The van der Waals surface area contributed by atoms with Crippen LogP contribution >= 0.6 is 0 Å². The van der Waals surface area contributed by atoms with Crippen LogP contribution in [0.15, 0.2) is 0 Å². The van der Waals surface area contributed by atoms with Gasteiger partial charge < -0.3 is 0 Å². The fraction of sp³-hybridized carbons (Fsp3) is 0.800. The van der Waals surface area contributed by atoms with Crippen molar-refractivity contribution in [2.24, 2.45) is 5.14 Å². The zero-order chi connectivity index (χ0) is 15.0. The Kier molecular flexibility index (Phi) is 4.38. The average molecular weight is 322 g/mol. The SMILES string of the molecule is C#CCN1CC(S(=O)(=O)NCN2CC(S(N)(=O)=O)C2)C1. The first-order valence-corrected chi connectivity index (χ1v) is 9.26. The molecule has 2 heterocycles. The summed E-state index contributed by atoms with van der Waals surface area (Å²) in [5.41, 5.74) is 0. The molecule has 0 aromatic heterocycles. The highest BCUT2D eigenvalue weighted by atomic mass is 32.2. The average Bonchev–Trinajstić information content (AvgIpc) is 2.17. The third kappa shape index (κ3) is 3.49. The van der Waals surface area contributed by atoms with Crippen LogP contribution in [0.1, 0.15) is 0 Å². The molecule has 0 bridgehead atoms. The van der Waals surface area contributed by atoms with E-state index in [1.807, 2.05) is 4.90 Å². The first-order chi connectivity index (χ1) is 9.22. The molecule has 0 unspecified atom stereocenters. The summed E-state index contributed by atoms with van der Waals surface area (Å²) in [5.74, 6) is 2.46. The van der Waals surface area contributed by atoms with Crippen LogP contribution in [-0.4, -0.2) is 76.5 Å². The molecule has 3 N–H and O–H groups in total. The van der Waals surface area contributed by atoms with Crippen molar-refractivity contribution in [3.05, 3.63) is 0 Å². The molecule has 0 spiro atoms. The van der Waals surface area contributed by atoms with Crippen LogP contribution in [-0.2, 0) is 20.0 Å². The van der Waals surface area contributed by atoms with Crippen molar-refractivity contribution >= 4 is 20.0 Å². The van der Waals surface area contributed by atoms with Crippen molar-refractivity contribution < 1.29 is 16.8 Å². The molecule has 2 rings (SSSR count). The van der Waals surface area contributed by atoms with Crippen molar-refractivity contribution in [1.29, 1.82) is 0 Å². The predicted octanol–water partition coefficient (Wildman–Crippen LogP) is -2.85. The van der Waals surface area contributed by atoms with Gasteiger partial charge in [-0.25, -0.2) is 26.7 Å². The summed E-state index contributed by atoms with van der Waals surface area (Å²) >= 11 is 0. The zero-order valence-electron chi connectivity index (χ0n) is 10.9. The topological polar surface area (TPSA) is 113 Å². The predicted molar refractivity (Wildman–Crippen MR) is 74.5 cm³/mol. The van der Waals surface area contributed by atoms with E-state index in [-0.39, 0.29) is 19.8 Å². The second kappa shape index (κ2) is 5.59. The van der Waals surface area contributed by atoms with Crippen molar-refractivity contribution in [3.8, 4) is 12.3 Å². The van der Waals surface area contributed by atoms with Crippen molar-refractivity contribution in [2.75, 3.05) is 39.4 Å². The van der Waals surface area contributed by atoms with E-state index in [0.717, 1.165) is 0 Å². The first-order valence-electron chi connectivity index (χ1n) is 6.10. The number of rotatable bonds is 6. The van der Waals surface area contributed by atoms with Gasteiger partial charge in [0.15, 0.2) is 0 Å². The molecular formula is C10H18N4O4S2. The van der Waals surface area contributed by atoms with E-state index in [0.29, 0.717) is 19.6 Å². The van der Waals surface area contributed by atoms with Crippen LogP contribution in [0.4, 0.5) is 0 Å². The maximum absolute atomic E-state index is 11.9. The Morgan fingerprint density at radius 2 is 1.65 bits per heavy atom. The van der Waals surface area contributed by atoms with E-state index in [4.69, 9.17) is 11.6 Å². The number of nitrogens with two attached hydrogens (primary N) is 1. The van der Waals surface area contributed by atoms with Crippen LogP contribution in [0.5, 0.6) is 0 Å². The second-order valence-corrected chi connectivity index (χ2v) is 9.00. The number of terminal acetylenes is 1. The quantitative estimate of drug-likeness (QED) is 0.509. The summed E-state index contributed by atoms with van der Waals surface area (Å²) in [5, 5.41) is 3.94. The van der Waals surface area contributed by atoms with Gasteiger partial charge in [0, 0.05) is 26.2 Å². The molecular weight excluding hydrogens is 304 g/mol. The van der Waals surface area contributed by atoms with Crippen LogP contribution in [0, 0.1) is 12.3 Å². The Balaban J connectivity index is 1.72. The molecule has 0 atom stereocenters. The Hall–Kier alpha value is -0.700. The highest BCUT2D eigenvalue weighted by molar-refractivity contribution is 7.90. The van der Waals surface area contributed by atoms with Gasteiger partial charge in [0.25, 0.3) is 0 Å². The molecule has 114 valence electrons. The molecule has 2 fully saturated rings. The summed E-state index contributed by atoms with van der Waals surface area (Å²) in [6.07, 6.45) is 5.14. The van der Waals surface area contributed by atoms with Gasteiger partial charge in [0.1, 0.15) is 10.5 Å². The van der Waals surface area contributed by atoms with Gasteiger partial charge in [0.05, 0.1) is 13.2 Å².